The van der Waals surface area contributed by atoms with Gasteiger partial charge in [0.05, 0.1) is 0 Å². The minimum Gasteiger partial charge on any atom is -0.483 e. The van der Waals surface area contributed by atoms with Crippen LogP contribution in [0.15, 0.2) is 18.2 Å². The van der Waals surface area contributed by atoms with Crippen molar-refractivity contribution in [1.29, 1.82) is 0 Å². The Morgan fingerprint density at radius 1 is 1.42 bits per heavy atom. The molecule has 2 heterocycles. The number of nitrogens with one attached hydrogen (secondary N) is 2. The van der Waals surface area contributed by atoms with Crippen molar-refractivity contribution in [2.24, 2.45) is 0 Å². The van der Waals surface area contributed by atoms with E-state index in [9.17, 15) is 9.59 Å². The van der Waals surface area contributed by atoms with E-state index in [-0.39, 0.29) is 24.0 Å². The van der Waals surface area contributed by atoms with E-state index in [1.165, 1.54) is 0 Å². The van der Waals surface area contributed by atoms with E-state index in [1.54, 1.807) is 6.07 Å². The Morgan fingerprint density at radius 2 is 2.25 bits per heavy atom. The van der Waals surface area contributed by atoms with Gasteiger partial charge in [-0.3, -0.25) is 9.59 Å². The highest BCUT2D eigenvalue weighted by molar-refractivity contribution is 5.88. The number of rotatable bonds is 4. The van der Waals surface area contributed by atoms with Gasteiger partial charge in [0, 0.05) is 18.5 Å². The Kier molecular flexibility index (Phi) is 4.64. The predicted molar refractivity (Wildman–Crippen MR) is 89.1 cm³/mol. The van der Waals surface area contributed by atoms with Gasteiger partial charge in [-0.2, -0.15) is 0 Å². The Bertz CT molecular complexity index is 642. The summed E-state index contributed by atoms with van der Waals surface area (Å²) < 4.78 is 11.6. The Balaban J connectivity index is 1.58. The molecule has 1 fully saturated rings. The minimum atomic E-state index is -0.472. The normalized spacial score (nSPS) is 21.9. The van der Waals surface area contributed by atoms with E-state index in [1.807, 2.05) is 26.0 Å². The third-order valence-corrected chi connectivity index (χ3v) is 4.28. The van der Waals surface area contributed by atoms with Crippen molar-refractivity contribution in [3.63, 3.8) is 0 Å². The summed E-state index contributed by atoms with van der Waals surface area (Å²) in [5.74, 6) is 0.861. The largest absolute Gasteiger partial charge is 0.483 e. The van der Waals surface area contributed by atoms with Crippen molar-refractivity contribution < 1.29 is 19.1 Å². The van der Waals surface area contributed by atoms with Crippen LogP contribution in [0, 0.1) is 0 Å². The molecule has 0 saturated carbocycles. The lowest BCUT2D eigenvalue weighted by atomic mass is 10.0. The predicted octanol–water partition coefficient (Wildman–Crippen LogP) is 1.56. The molecular formula is C18H24N2O4. The molecule has 6 nitrogen and oxygen atoms in total. The number of para-hydroxylation sites is 1. The first-order chi connectivity index (χ1) is 11.4. The second-order valence-electron chi connectivity index (χ2n) is 6.98. The van der Waals surface area contributed by atoms with E-state index in [0.29, 0.717) is 24.5 Å². The maximum atomic E-state index is 12.1. The standard InChI is InChI=1S/C18H24N2O4/c1-18(2)10-12-6-5-8-14(16(12)24-18)23-11-15(21)20-13-7-3-4-9-19-17(13)22/h5-6,8,13H,3-4,7,9-11H2,1-2H3,(H,19,22)(H,20,21). The molecule has 3 rings (SSSR count). The summed E-state index contributed by atoms with van der Waals surface area (Å²) in [5.41, 5.74) is 0.823. The van der Waals surface area contributed by atoms with Crippen LogP contribution in [0.3, 0.4) is 0 Å². The van der Waals surface area contributed by atoms with Crippen LogP contribution in [0.4, 0.5) is 0 Å². The van der Waals surface area contributed by atoms with Gasteiger partial charge >= 0.3 is 0 Å². The van der Waals surface area contributed by atoms with Gasteiger partial charge in [-0.25, -0.2) is 0 Å². The van der Waals surface area contributed by atoms with Crippen LogP contribution in [0.25, 0.3) is 0 Å². The fraction of sp³-hybridized carbons (Fsp3) is 0.556. The fourth-order valence-electron chi connectivity index (χ4n) is 3.16. The molecule has 2 amide bonds. The van der Waals surface area contributed by atoms with E-state index < -0.39 is 6.04 Å². The minimum absolute atomic E-state index is 0.119. The quantitative estimate of drug-likeness (QED) is 0.877. The Morgan fingerprint density at radius 3 is 3.08 bits per heavy atom. The van der Waals surface area contributed by atoms with Crippen molar-refractivity contribution in [3.05, 3.63) is 23.8 Å². The SMILES string of the molecule is CC1(C)Cc2cccc(OCC(=O)NC3CCCCNC3=O)c2O1. The van der Waals surface area contributed by atoms with Crippen LogP contribution in [0.2, 0.25) is 0 Å². The first kappa shape index (κ1) is 16.6. The first-order valence-electron chi connectivity index (χ1n) is 8.45. The molecule has 1 atom stereocenters. The molecule has 1 aromatic rings. The van der Waals surface area contributed by atoms with Gasteiger partial charge < -0.3 is 20.1 Å². The van der Waals surface area contributed by atoms with Gasteiger partial charge in [0.15, 0.2) is 18.1 Å². The van der Waals surface area contributed by atoms with Crippen molar-refractivity contribution in [2.75, 3.05) is 13.2 Å². The summed E-state index contributed by atoms with van der Waals surface area (Å²) in [7, 11) is 0. The number of hydrogen-bond donors (Lipinski definition) is 2. The molecule has 2 aliphatic heterocycles. The zero-order valence-electron chi connectivity index (χ0n) is 14.2. The lowest BCUT2D eigenvalue weighted by Crippen LogP contribution is -2.46. The average molecular weight is 332 g/mol. The molecule has 1 aromatic carbocycles. The van der Waals surface area contributed by atoms with E-state index in [0.717, 1.165) is 24.8 Å². The summed E-state index contributed by atoms with van der Waals surface area (Å²) >= 11 is 0. The molecule has 6 heteroatoms. The van der Waals surface area contributed by atoms with Crippen molar-refractivity contribution in [2.45, 2.75) is 51.2 Å². The number of carbonyl (C=O) groups is 2. The van der Waals surface area contributed by atoms with Crippen LogP contribution in [-0.2, 0) is 16.0 Å². The summed E-state index contributed by atoms with van der Waals surface area (Å²) in [6.45, 7) is 4.58. The Hall–Kier alpha value is -2.24. The van der Waals surface area contributed by atoms with Crippen LogP contribution in [0.5, 0.6) is 11.5 Å². The molecule has 0 aliphatic carbocycles. The van der Waals surface area contributed by atoms with Gasteiger partial charge in [0.2, 0.25) is 5.91 Å². The number of ether oxygens (including phenoxy) is 2. The molecule has 2 N–H and O–H groups in total. The lowest BCUT2D eigenvalue weighted by molar-refractivity contribution is -0.129. The monoisotopic (exact) mass is 332 g/mol. The third kappa shape index (κ3) is 3.80. The molecule has 130 valence electrons. The van der Waals surface area contributed by atoms with Crippen molar-refractivity contribution in [3.8, 4) is 11.5 Å². The zero-order valence-corrected chi connectivity index (χ0v) is 14.2. The molecule has 1 unspecified atom stereocenters. The Labute approximate surface area is 141 Å². The van der Waals surface area contributed by atoms with Gasteiger partial charge in [0.1, 0.15) is 11.6 Å². The summed E-state index contributed by atoms with van der Waals surface area (Å²) in [5, 5.41) is 5.55. The van der Waals surface area contributed by atoms with Crippen molar-refractivity contribution >= 4 is 11.8 Å². The van der Waals surface area contributed by atoms with Crippen LogP contribution in [0.1, 0.15) is 38.7 Å². The topological polar surface area (TPSA) is 76.7 Å². The average Bonchev–Trinajstić information content (AvgIpc) is 2.71. The molecule has 2 aliphatic rings. The fourth-order valence-corrected chi connectivity index (χ4v) is 3.16. The summed E-state index contributed by atoms with van der Waals surface area (Å²) in [6.07, 6.45) is 3.33. The van der Waals surface area contributed by atoms with E-state index in [2.05, 4.69) is 10.6 Å². The van der Waals surface area contributed by atoms with E-state index >= 15 is 0 Å². The molecule has 1 saturated heterocycles. The smallest absolute Gasteiger partial charge is 0.258 e. The molecular weight excluding hydrogens is 308 g/mol. The second kappa shape index (κ2) is 6.71. The maximum Gasteiger partial charge on any atom is 0.258 e. The third-order valence-electron chi connectivity index (χ3n) is 4.28. The van der Waals surface area contributed by atoms with Gasteiger partial charge in [0.25, 0.3) is 5.91 Å². The second-order valence-corrected chi connectivity index (χ2v) is 6.98. The molecule has 0 spiro atoms. The number of hydrogen-bond acceptors (Lipinski definition) is 4. The highest BCUT2D eigenvalue weighted by atomic mass is 16.5. The first-order valence-corrected chi connectivity index (χ1v) is 8.45. The van der Waals surface area contributed by atoms with Gasteiger partial charge in [-0.05, 0) is 39.2 Å². The zero-order chi connectivity index (χ0) is 17.2. The molecule has 24 heavy (non-hydrogen) atoms. The maximum absolute atomic E-state index is 12.1. The van der Waals surface area contributed by atoms with E-state index in [4.69, 9.17) is 9.47 Å². The number of amides is 2. The van der Waals surface area contributed by atoms with Gasteiger partial charge in [-0.1, -0.05) is 12.1 Å². The number of benzene rings is 1. The van der Waals surface area contributed by atoms with Crippen LogP contribution in [-0.4, -0.2) is 36.6 Å². The van der Waals surface area contributed by atoms with Crippen LogP contribution < -0.4 is 20.1 Å². The molecule has 0 radical (unpaired) electrons. The number of fused-ring (bicyclic) bond motifs is 1. The molecule has 0 aromatic heterocycles. The summed E-state index contributed by atoms with van der Waals surface area (Å²) in [4.78, 5) is 24.0. The highest BCUT2D eigenvalue weighted by Crippen LogP contribution is 2.41. The molecule has 0 bridgehead atoms. The highest BCUT2D eigenvalue weighted by Gasteiger charge is 2.32. The summed E-state index contributed by atoms with van der Waals surface area (Å²) in [6, 6.07) is 5.23. The lowest BCUT2D eigenvalue weighted by Gasteiger charge is -2.18. The van der Waals surface area contributed by atoms with Crippen LogP contribution >= 0.6 is 0 Å². The van der Waals surface area contributed by atoms with Gasteiger partial charge in [-0.15, -0.1) is 0 Å². The number of carbonyl (C=O) groups excluding carboxylic acids is 2. The van der Waals surface area contributed by atoms with Crippen molar-refractivity contribution in [1.82, 2.24) is 10.6 Å².